The van der Waals surface area contributed by atoms with Gasteiger partial charge in [-0.15, -0.1) is 0 Å². The van der Waals surface area contributed by atoms with Gasteiger partial charge in [-0.3, -0.25) is 4.57 Å². The molecule has 0 bridgehead atoms. The van der Waals surface area contributed by atoms with Crippen molar-refractivity contribution in [3.05, 3.63) is 88.4 Å². The Bertz CT molecular complexity index is 1450. The van der Waals surface area contributed by atoms with Gasteiger partial charge in [-0.2, -0.15) is 0 Å². The first kappa shape index (κ1) is 20.9. The van der Waals surface area contributed by atoms with Gasteiger partial charge in [0, 0.05) is 35.4 Å². The summed E-state index contributed by atoms with van der Waals surface area (Å²) in [5, 5.41) is 9.58. The first-order valence-electron chi connectivity index (χ1n) is 11.1. The molecule has 1 unspecified atom stereocenters. The van der Waals surface area contributed by atoms with E-state index in [9.17, 15) is 9.90 Å². The van der Waals surface area contributed by atoms with Gasteiger partial charge in [0.05, 0.1) is 5.69 Å². The van der Waals surface area contributed by atoms with Crippen molar-refractivity contribution < 1.29 is 14.6 Å². The van der Waals surface area contributed by atoms with Gasteiger partial charge >= 0.3 is 5.97 Å². The molecule has 0 spiro atoms. The molecule has 5 rings (SSSR count). The molecule has 0 amide bonds. The maximum absolute atomic E-state index is 11.7. The highest BCUT2D eigenvalue weighted by molar-refractivity contribution is 5.97. The SMILES string of the molecule is CCc1nc2c(C)cc(C)nc2n1-c1ccc2c(c1)OC(C)c1ccccc1C2=CC(=O)O. The van der Waals surface area contributed by atoms with E-state index in [1.807, 2.05) is 62.4 Å². The molecule has 2 aromatic carbocycles. The highest BCUT2D eigenvalue weighted by Crippen LogP contribution is 2.42. The summed E-state index contributed by atoms with van der Waals surface area (Å²) in [5.41, 5.74) is 7.83. The second-order valence-electron chi connectivity index (χ2n) is 8.39. The van der Waals surface area contributed by atoms with Crippen molar-refractivity contribution in [1.29, 1.82) is 0 Å². The molecular formula is C27H25N3O3. The highest BCUT2D eigenvalue weighted by Gasteiger charge is 2.25. The second-order valence-corrected chi connectivity index (χ2v) is 8.39. The number of carboxylic acid groups (broad SMARTS) is 1. The Morgan fingerprint density at radius 1 is 1.12 bits per heavy atom. The minimum atomic E-state index is -0.992. The van der Waals surface area contributed by atoms with Crippen molar-refractivity contribution in [2.24, 2.45) is 0 Å². The van der Waals surface area contributed by atoms with Gasteiger partial charge in [-0.25, -0.2) is 14.8 Å². The molecule has 1 atom stereocenters. The van der Waals surface area contributed by atoms with Crippen molar-refractivity contribution in [3.63, 3.8) is 0 Å². The fraction of sp³-hybridized carbons (Fsp3) is 0.222. The summed E-state index contributed by atoms with van der Waals surface area (Å²) < 4.78 is 8.45. The van der Waals surface area contributed by atoms with E-state index in [0.29, 0.717) is 11.3 Å². The van der Waals surface area contributed by atoms with E-state index in [0.717, 1.165) is 57.0 Å². The van der Waals surface area contributed by atoms with E-state index in [1.165, 1.54) is 6.08 Å². The van der Waals surface area contributed by atoms with Crippen LogP contribution in [-0.4, -0.2) is 25.6 Å². The second kappa shape index (κ2) is 7.89. The minimum absolute atomic E-state index is 0.234. The summed E-state index contributed by atoms with van der Waals surface area (Å²) in [6.07, 6.45) is 1.78. The van der Waals surface area contributed by atoms with Crippen LogP contribution in [0.4, 0.5) is 0 Å². The number of aryl methyl sites for hydroxylation is 3. The van der Waals surface area contributed by atoms with Crippen LogP contribution in [-0.2, 0) is 11.2 Å². The van der Waals surface area contributed by atoms with Crippen molar-refractivity contribution in [1.82, 2.24) is 14.5 Å². The van der Waals surface area contributed by atoms with Crippen molar-refractivity contribution in [3.8, 4) is 11.4 Å². The number of pyridine rings is 1. The molecule has 1 N–H and O–H groups in total. The van der Waals surface area contributed by atoms with Gasteiger partial charge in [0.15, 0.2) is 5.65 Å². The number of benzene rings is 2. The zero-order valence-electron chi connectivity index (χ0n) is 19.1. The number of aliphatic carboxylic acids is 1. The molecule has 4 aromatic rings. The van der Waals surface area contributed by atoms with Crippen LogP contribution >= 0.6 is 0 Å². The number of nitrogens with zero attached hydrogens (tertiary/aromatic N) is 3. The molecule has 0 aliphatic carbocycles. The summed E-state index contributed by atoms with van der Waals surface area (Å²) in [7, 11) is 0. The number of fused-ring (bicyclic) bond motifs is 3. The standard InChI is InChI=1S/C27H25N3O3/c1-5-24-29-26-15(2)12-16(3)28-27(26)30(24)18-10-11-21-22(14-25(31)32)20-9-7-6-8-19(20)17(4)33-23(21)13-18/h6-14,17H,5H2,1-4H3,(H,31,32). The lowest BCUT2D eigenvalue weighted by atomic mass is 9.92. The average Bonchev–Trinajstić information content (AvgIpc) is 3.11. The molecule has 2 aromatic heterocycles. The fourth-order valence-corrected chi connectivity index (χ4v) is 4.66. The van der Waals surface area contributed by atoms with Crippen molar-refractivity contribution >= 4 is 22.7 Å². The van der Waals surface area contributed by atoms with Gasteiger partial charge < -0.3 is 9.84 Å². The number of hydrogen-bond acceptors (Lipinski definition) is 4. The van der Waals surface area contributed by atoms with Gasteiger partial charge in [0.2, 0.25) is 0 Å². The van der Waals surface area contributed by atoms with E-state index in [1.54, 1.807) is 0 Å². The Morgan fingerprint density at radius 2 is 1.91 bits per heavy atom. The molecule has 0 radical (unpaired) electrons. The third-order valence-corrected chi connectivity index (χ3v) is 6.09. The van der Waals surface area contributed by atoms with Crippen LogP contribution in [0.2, 0.25) is 0 Å². The lowest BCUT2D eigenvalue weighted by Gasteiger charge is -2.16. The van der Waals surface area contributed by atoms with Crippen LogP contribution in [0.15, 0.2) is 54.6 Å². The molecule has 0 saturated carbocycles. The van der Waals surface area contributed by atoms with Gasteiger partial charge in [0.1, 0.15) is 23.2 Å². The highest BCUT2D eigenvalue weighted by atomic mass is 16.5. The number of carboxylic acids is 1. The summed E-state index contributed by atoms with van der Waals surface area (Å²) >= 11 is 0. The monoisotopic (exact) mass is 439 g/mol. The van der Waals surface area contributed by atoms with Crippen LogP contribution in [0.3, 0.4) is 0 Å². The predicted molar refractivity (Wildman–Crippen MR) is 128 cm³/mol. The van der Waals surface area contributed by atoms with E-state index in [4.69, 9.17) is 14.7 Å². The van der Waals surface area contributed by atoms with Crippen LogP contribution in [0.5, 0.6) is 5.75 Å². The summed E-state index contributed by atoms with van der Waals surface area (Å²) in [6.45, 7) is 8.09. The van der Waals surface area contributed by atoms with Crippen molar-refractivity contribution in [2.45, 2.75) is 40.2 Å². The maximum Gasteiger partial charge on any atom is 0.328 e. The Labute approximate surface area is 192 Å². The lowest BCUT2D eigenvalue weighted by molar-refractivity contribution is -0.131. The van der Waals surface area contributed by atoms with Crippen LogP contribution < -0.4 is 4.74 Å². The molecule has 1 aliphatic rings. The predicted octanol–water partition coefficient (Wildman–Crippen LogP) is 5.57. The quantitative estimate of drug-likeness (QED) is 0.422. The molecule has 0 fully saturated rings. The summed E-state index contributed by atoms with van der Waals surface area (Å²) in [6, 6.07) is 15.7. The third-order valence-electron chi connectivity index (χ3n) is 6.09. The first-order chi connectivity index (χ1) is 15.9. The Morgan fingerprint density at radius 3 is 2.67 bits per heavy atom. The van der Waals surface area contributed by atoms with Crippen LogP contribution in [0.1, 0.15) is 53.7 Å². The molecule has 166 valence electrons. The summed E-state index contributed by atoms with van der Waals surface area (Å²) in [5.74, 6) is 0.558. The van der Waals surface area contributed by atoms with Gasteiger partial charge in [-0.05, 0) is 55.7 Å². The van der Waals surface area contributed by atoms with E-state index in [-0.39, 0.29) is 6.10 Å². The molecule has 33 heavy (non-hydrogen) atoms. The molecule has 1 aliphatic heterocycles. The topological polar surface area (TPSA) is 77.2 Å². The van der Waals surface area contributed by atoms with E-state index >= 15 is 0 Å². The molecular weight excluding hydrogens is 414 g/mol. The zero-order chi connectivity index (χ0) is 23.3. The maximum atomic E-state index is 11.7. The number of rotatable bonds is 3. The van der Waals surface area contributed by atoms with Gasteiger partial charge in [0.25, 0.3) is 0 Å². The van der Waals surface area contributed by atoms with E-state index in [2.05, 4.69) is 18.4 Å². The molecule has 3 heterocycles. The number of hydrogen-bond donors (Lipinski definition) is 1. The lowest BCUT2D eigenvalue weighted by Crippen LogP contribution is -2.05. The number of ether oxygens (including phenoxy) is 1. The smallest absolute Gasteiger partial charge is 0.328 e. The van der Waals surface area contributed by atoms with E-state index < -0.39 is 5.97 Å². The Hall–Kier alpha value is -3.93. The molecule has 6 nitrogen and oxygen atoms in total. The zero-order valence-corrected chi connectivity index (χ0v) is 19.1. The van der Waals surface area contributed by atoms with Gasteiger partial charge in [-0.1, -0.05) is 31.2 Å². The average molecular weight is 440 g/mol. The normalized spacial score (nSPS) is 16.2. The number of carbonyl (C=O) groups is 1. The Kier molecular flexibility index (Phi) is 5.01. The number of imidazole rings is 1. The first-order valence-corrected chi connectivity index (χ1v) is 11.1. The third kappa shape index (κ3) is 3.48. The summed E-state index contributed by atoms with van der Waals surface area (Å²) in [4.78, 5) is 21.3. The minimum Gasteiger partial charge on any atom is -0.485 e. The molecule has 6 heteroatoms. The number of aromatic nitrogens is 3. The largest absolute Gasteiger partial charge is 0.485 e. The van der Waals surface area contributed by atoms with Crippen molar-refractivity contribution in [2.75, 3.05) is 0 Å². The fourth-order valence-electron chi connectivity index (χ4n) is 4.66. The molecule has 0 saturated heterocycles. The Balaban J connectivity index is 1.76. The van der Waals surface area contributed by atoms with Crippen LogP contribution in [0.25, 0.3) is 22.4 Å². The van der Waals surface area contributed by atoms with Crippen LogP contribution in [0, 0.1) is 13.8 Å².